The Hall–Kier alpha value is -1.68. The lowest BCUT2D eigenvalue weighted by atomic mass is 10.1. The maximum atomic E-state index is 5.78. The number of fused-ring (bicyclic) bond motifs is 1. The van der Waals surface area contributed by atoms with Gasteiger partial charge in [0, 0.05) is 18.1 Å². The lowest BCUT2D eigenvalue weighted by molar-refractivity contribution is 0.154. The minimum Gasteiger partial charge on any atom is -0.459 e. The van der Waals surface area contributed by atoms with Crippen molar-refractivity contribution in [3.63, 3.8) is 0 Å². The molecule has 1 saturated heterocycles. The molecule has 88 valence electrons. The Morgan fingerprint density at radius 3 is 3.12 bits per heavy atom. The lowest BCUT2D eigenvalue weighted by Crippen LogP contribution is -2.37. The van der Waals surface area contributed by atoms with Crippen molar-refractivity contribution >= 4 is 10.9 Å². The van der Waals surface area contributed by atoms with Crippen molar-refractivity contribution in [1.82, 2.24) is 15.3 Å². The van der Waals surface area contributed by atoms with Gasteiger partial charge in [0.1, 0.15) is 6.10 Å². The summed E-state index contributed by atoms with van der Waals surface area (Å²) in [5, 5.41) is 4.35. The summed E-state index contributed by atoms with van der Waals surface area (Å²) in [5.41, 5.74) is 0.932. The van der Waals surface area contributed by atoms with Gasteiger partial charge in [0.05, 0.1) is 5.52 Å². The van der Waals surface area contributed by atoms with Gasteiger partial charge in [-0.3, -0.25) is 0 Å². The van der Waals surface area contributed by atoms with Gasteiger partial charge in [0.2, 0.25) is 0 Å². The number of hydrogen-bond acceptors (Lipinski definition) is 4. The quantitative estimate of drug-likeness (QED) is 0.852. The van der Waals surface area contributed by atoms with Gasteiger partial charge in [-0.1, -0.05) is 18.2 Å². The van der Waals surface area contributed by atoms with Crippen molar-refractivity contribution in [1.29, 1.82) is 0 Å². The summed E-state index contributed by atoms with van der Waals surface area (Å²) in [4.78, 5) is 8.65. The van der Waals surface area contributed by atoms with Crippen LogP contribution in [0.15, 0.2) is 30.5 Å². The van der Waals surface area contributed by atoms with Crippen molar-refractivity contribution < 1.29 is 4.74 Å². The second-order valence-corrected chi connectivity index (χ2v) is 4.30. The van der Waals surface area contributed by atoms with Crippen molar-refractivity contribution in [2.45, 2.75) is 18.9 Å². The van der Waals surface area contributed by atoms with Gasteiger partial charge >= 0.3 is 6.01 Å². The molecular weight excluding hydrogens is 214 g/mol. The number of para-hydroxylation sites is 1. The Morgan fingerprint density at radius 1 is 1.29 bits per heavy atom. The summed E-state index contributed by atoms with van der Waals surface area (Å²) >= 11 is 0. The number of ether oxygens (including phenoxy) is 1. The summed E-state index contributed by atoms with van der Waals surface area (Å²) in [6, 6.07) is 8.42. The SMILES string of the molecule is c1ccc2nc(O[C@H]3CCCNC3)ncc2c1. The smallest absolute Gasteiger partial charge is 0.317 e. The molecule has 1 atom stereocenters. The monoisotopic (exact) mass is 229 g/mol. The van der Waals surface area contributed by atoms with E-state index in [0.29, 0.717) is 6.01 Å². The van der Waals surface area contributed by atoms with Crippen LogP contribution in [-0.4, -0.2) is 29.2 Å². The molecule has 0 saturated carbocycles. The average molecular weight is 229 g/mol. The zero-order valence-corrected chi connectivity index (χ0v) is 9.60. The molecule has 3 rings (SSSR count). The van der Waals surface area contributed by atoms with Crippen molar-refractivity contribution in [2.75, 3.05) is 13.1 Å². The number of nitrogens with zero attached hydrogens (tertiary/aromatic N) is 2. The second-order valence-electron chi connectivity index (χ2n) is 4.30. The molecular formula is C13H15N3O. The van der Waals surface area contributed by atoms with E-state index in [1.807, 2.05) is 30.5 Å². The molecule has 4 nitrogen and oxygen atoms in total. The first-order valence-corrected chi connectivity index (χ1v) is 6.01. The Morgan fingerprint density at radius 2 is 2.24 bits per heavy atom. The van der Waals surface area contributed by atoms with E-state index in [1.54, 1.807) is 0 Å². The van der Waals surface area contributed by atoms with Crippen LogP contribution in [0.2, 0.25) is 0 Å². The Bertz CT molecular complexity index is 509. The zero-order valence-electron chi connectivity index (χ0n) is 9.60. The molecule has 0 unspecified atom stereocenters. The van der Waals surface area contributed by atoms with Crippen molar-refractivity contribution in [3.8, 4) is 6.01 Å². The molecule has 0 aliphatic carbocycles. The molecule has 0 radical (unpaired) electrons. The molecule has 1 aliphatic heterocycles. The molecule has 17 heavy (non-hydrogen) atoms. The van der Waals surface area contributed by atoms with Gasteiger partial charge in [-0.05, 0) is 25.5 Å². The largest absolute Gasteiger partial charge is 0.459 e. The standard InChI is InChI=1S/C13H15N3O/c1-2-6-12-10(4-1)8-15-13(16-12)17-11-5-3-7-14-9-11/h1-2,4,6,8,11,14H,3,5,7,9H2/t11-/m0/s1. The van der Waals surface area contributed by atoms with Crippen LogP contribution in [0.3, 0.4) is 0 Å². The molecule has 4 heteroatoms. The number of hydrogen-bond donors (Lipinski definition) is 1. The first kappa shape index (κ1) is 10.5. The van der Waals surface area contributed by atoms with E-state index < -0.39 is 0 Å². The molecule has 0 amide bonds. The number of nitrogens with one attached hydrogen (secondary N) is 1. The van der Waals surface area contributed by atoms with Crippen LogP contribution >= 0.6 is 0 Å². The Kier molecular flexibility index (Phi) is 2.88. The van der Waals surface area contributed by atoms with E-state index in [2.05, 4.69) is 15.3 Å². The van der Waals surface area contributed by atoms with Crippen LogP contribution in [-0.2, 0) is 0 Å². The molecule has 1 aromatic heterocycles. The zero-order chi connectivity index (χ0) is 11.5. The topological polar surface area (TPSA) is 47.0 Å². The van der Waals surface area contributed by atoms with Gasteiger partial charge < -0.3 is 10.1 Å². The van der Waals surface area contributed by atoms with Crippen LogP contribution in [0, 0.1) is 0 Å². The maximum absolute atomic E-state index is 5.78. The summed E-state index contributed by atoms with van der Waals surface area (Å²) < 4.78 is 5.78. The molecule has 0 spiro atoms. The highest BCUT2D eigenvalue weighted by molar-refractivity contribution is 5.77. The van der Waals surface area contributed by atoms with Gasteiger partial charge in [0.25, 0.3) is 0 Å². The predicted octanol–water partition coefficient (Wildman–Crippen LogP) is 1.76. The van der Waals surface area contributed by atoms with Crippen LogP contribution in [0.1, 0.15) is 12.8 Å². The first-order valence-electron chi connectivity index (χ1n) is 6.01. The molecule has 1 fully saturated rings. The third-order valence-corrected chi connectivity index (χ3v) is 2.99. The molecule has 1 N–H and O–H groups in total. The third kappa shape index (κ3) is 2.36. The van der Waals surface area contributed by atoms with E-state index in [1.165, 1.54) is 0 Å². The summed E-state index contributed by atoms with van der Waals surface area (Å²) in [5.74, 6) is 0. The number of piperidine rings is 1. The van der Waals surface area contributed by atoms with Crippen LogP contribution < -0.4 is 10.1 Å². The van der Waals surface area contributed by atoms with E-state index in [9.17, 15) is 0 Å². The summed E-state index contributed by atoms with van der Waals surface area (Å²) in [7, 11) is 0. The van der Waals surface area contributed by atoms with Gasteiger partial charge in [0.15, 0.2) is 0 Å². The molecule has 1 aromatic carbocycles. The van der Waals surface area contributed by atoms with Crippen LogP contribution in [0.5, 0.6) is 6.01 Å². The van der Waals surface area contributed by atoms with E-state index in [0.717, 1.165) is 36.8 Å². The molecule has 0 bridgehead atoms. The highest BCUT2D eigenvalue weighted by Crippen LogP contribution is 2.15. The fourth-order valence-corrected chi connectivity index (χ4v) is 2.08. The van der Waals surface area contributed by atoms with Gasteiger partial charge in [-0.25, -0.2) is 4.98 Å². The van der Waals surface area contributed by atoms with E-state index >= 15 is 0 Å². The predicted molar refractivity (Wildman–Crippen MR) is 66.1 cm³/mol. The minimum absolute atomic E-state index is 0.199. The first-order chi connectivity index (χ1) is 8.42. The average Bonchev–Trinajstić information content (AvgIpc) is 2.40. The third-order valence-electron chi connectivity index (χ3n) is 2.99. The molecule has 2 aromatic rings. The van der Waals surface area contributed by atoms with E-state index in [-0.39, 0.29) is 6.10 Å². The second kappa shape index (κ2) is 4.67. The number of aromatic nitrogens is 2. The van der Waals surface area contributed by atoms with Crippen molar-refractivity contribution in [2.24, 2.45) is 0 Å². The number of rotatable bonds is 2. The van der Waals surface area contributed by atoms with Crippen molar-refractivity contribution in [3.05, 3.63) is 30.5 Å². The normalized spacial score (nSPS) is 20.4. The highest BCUT2D eigenvalue weighted by atomic mass is 16.5. The fraction of sp³-hybridized carbons (Fsp3) is 0.385. The van der Waals surface area contributed by atoms with Crippen LogP contribution in [0.4, 0.5) is 0 Å². The van der Waals surface area contributed by atoms with Crippen LogP contribution in [0.25, 0.3) is 10.9 Å². The summed E-state index contributed by atoms with van der Waals surface area (Å²) in [6.07, 6.45) is 4.24. The maximum Gasteiger partial charge on any atom is 0.317 e. The van der Waals surface area contributed by atoms with Gasteiger partial charge in [-0.15, -0.1) is 0 Å². The Labute approximate surface area is 100 Å². The lowest BCUT2D eigenvalue weighted by Gasteiger charge is -2.22. The molecule has 2 heterocycles. The number of benzene rings is 1. The highest BCUT2D eigenvalue weighted by Gasteiger charge is 2.15. The minimum atomic E-state index is 0.199. The van der Waals surface area contributed by atoms with Gasteiger partial charge in [-0.2, -0.15) is 4.98 Å². The summed E-state index contributed by atoms with van der Waals surface area (Å²) in [6.45, 7) is 1.97. The fourth-order valence-electron chi connectivity index (χ4n) is 2.08. The Balaban J connectivity index is 1.80. The van der Waals surface area contributed by atoms with E-state index in [4.69, 9.17) is 4.74 Å². The molecule has 1 aliphatic rings.